The smallest absolute Gasteiger partial charge is 0.338 e. The second kappa shape index (κ2) is 7.11. The summed E-state index contributed by atoms with van der Waals surface area (Å²) < 4.78 is 18.3. The highest BCUT2D eigenvalue weighted by atomic mass is 32.1. The highest BCUT2D eigenvalue weighted by Gasteiger charge is 2.24. The van der Waals surface area contributed by atoms with Gasteiger partial charge in [0.1, 0.15) is 10.8 Å². The lowest BCUT2D eigenvalue weighted by molar-refractivity contribution is -0.122. The first kappa shape index (κ1) is 16.8. The first-order valence-electron chi connectivity index (χ1n) is 6.70. The van der Waals surface area contributed by atoms with Crippen LogP contribution in [0.4, 0.5) is 4.39 Å². The van der Waals surface area contributed by atoms with E-state index < -0.39 is 30.1 Å². The molecule has 118 valence electrons. The second-order valence-corrected chi connectivity index (χ2v) is 5.79. The number of Topliss-reactive ketones (excluding diaryl/α,β-unsaturated/α-hetero) is 1. The highest BCUT2D eigenvalue weighted by molar-refractivity contribution is 7.09. The fourth-order valence-electron chi connectivity index (χ4n) is 1.79. The largest absolute Gasteiger partial charge is 0.454 e. The van der Waals surface area contributed by atoms with Crippen molar-refractivity contribution in [1.82, 2.24) is 4.98 Å². The minimum absolute atomic E-state index is 0.0134. The van der Waals surface area contributed by atoms with Gasteiger partial charge in [0.25, 0.3) is 0 Å². The maximum atomic E-state index is 13.4. The Morgan fingerprint density at radius 3 is 2.74 bits per heavy atom. The Bertz CT molecular complexity index is 795. The van der Waals surface area contributed by atoms with Gasteiger partial charge in [-0.15, -0.1) is 11.3 Å². The van der Waals surface area contributed by atoms with Gasteiger partial charge in [-0.05, 0) is 31.5 Å². The van der Waals surface area contributed by atoms with Crippen LogP contribution < -0.4 is 0 Å². The van der Waals surface area contributed by atoms with Crippen molar-refractivity contribution >= 4 is 23.1 Å². The number of esters is 1. The Morgan fingerprint density at radius 1 is 1.43 bits per heavy atom. The molecule has 0 radical (unpaired) electrons. The van der Waals surface area contributed by atoms with E-state index in [2.05, 4.69) is 4.98 Å². The summed E-state index contributed by atoms with van der Waals surface area (Å²) in [4.78, 5) is 28.0. The number of benzene rings is 1. The van der Waals surface area contributed by atoms with Gasteiger partial charge in [-0.2, -0.15) is 5.26 Å². The van der Waals surface area contributed by atoms with Crippen molar-refractivity contribution in [3.8, 4) is 6.07 Å². The summed E-state index contributed by atoms with van der Waals surface area (Å²) in [6.07, 6.45) is 0. The molecule has 1 aromatic heterocycles. The summed E-state index contributed by atoms with van der Waals surface area (Å²) in [5, 5.41) is 11.2. The van der Waals surface area contributed by atoms with Gasteiger partial charge in [0, 0.05) is 11.1 Å². The second-order valence-electron chi connectivity index (χ2n) is 4.90. The summed E-state index contributed by atoms with van der Waals surface area (Å²) >= 11 is 1.20. The van der Waals surface area contributed by atoms with E-state index in [4.69, 9.17) is 10.00 Å². The first-order valence-corrected chi connectivity index (χ1v) is 7.58. The molecule has 23 heavy (non-hydrogen) atoms. The van der Waals surface area contributed by atoms with Gasteiger partial charge in [-0.3, -0.25) is 4.79 Å². The molecule has 1 heterocycles. The first-order chi connectivity index (χ1) is 10.9. The number of hydrogen-bond acceptors (Lipinski definition) is 6. The van der Waals surface area contributed by atoms with Gasteiger partial charge in [-0.25, -0.2) is 14.2 Å². The molecule has 0 spiro atoms. The molecule has 2 aromatic rings. The number of ketones is 1. The number of nitrogens with zero attached hydrogens (tertiary/aromatic N) is 2. The third kappa shape index (κ3) is 3.99. The van der Waals surface area contributed by atoms with Crippen LogP contribution in [0.3, 0.4) is 0 Å². The normalized spacial score (nSPS) is 11.6. The maximum Gasteiger partial charge on any atom is 0.338 e. The van der Waals surface area contributed by atoms with Gasteiger partial charge in [0.15, 0.2) is 18.3 Å². The molecule has 5 nitrogen and oxygen atoms in total. The topological polar surface area (TPSA) is 80.0 Å². The molecule has 0 aliphatic heterocycles. The summed E-state index contributed by atoms with van der Waals surface area (Å²) in [5.74, 6) is -2.98. The SMILES string of the molecule is Cc1csc([C@@H](C#N)C(=O)COC(=O)c2ccc(C)c(F)c2)n1. The van der Waals surface area contributed by atoms with Crippen molar-refractivity contribution in [2.75, 3.05) is 6.61 Å². The Kier molecular flexibility index (Phi) is 5.19. The Balaban J connectivity index is 2.01. The molecule has 0 saturated heterocycles. The number of nitriles is 1. The van der Waals surface area contributed by atoms with Gasteiger partial charge in [-0.1, -0.05) is 6.07 Å². The lowest BCUT2D eigenvalue weighted by Gasteiger charge is -2.07. The fraction of sp³-hybridized carbons (Fsp3) is 0.250. The summed E-state index contributed by atoms with van der Waals surface area (Å²) in [6.45, 7) is 2.76. The van der Waals surface area contributed by atoms with E-state index in [-0.39, 0.29) is 5.56 Å². The number of rotatable bonds is 5. The van der Waals surface area contributed by atoms with Crippen LogP contribution in [0.1, 0.15) is 32.5 Å². The van der Waals surface area contributed by atoms with Crippen molar-refractivity contribution in [1.29, 1.82) is 5.26 Å². The molecule has 7 heteroatoms. The van der Waals surface area contributed by atoms with Crippen molar-refractivity contribution in [2.45, 2.75) is 19.8 Å². The van der Waals surface area contributed by atoms with Crippen LogP contribution in [0, 0.1) is 31.0 Å². The van der Waals surface area contributed by atoms with Crippen molar-refractivity contribution in [2.24, 2.45) is 0 Å². The minimum atomic E-state index is -1.07. The zero-order valence-corrected chi connectivity index (χ0v) is 13.3. The van der Waals surface area contributed by atoms with Crippen LogP contribution in [0.5, 0.6) is 0 Å². The monoisotopic (exact) mass is 332 g/mol. The number of thiazole rings is 1. The van der Waals surface area contributed by atoms with E-state index in [1.807, 2.05) is 6.07 Å². The van der Waals surface area contributed by atoms with E-state index in [9.17, 15) is 14.0 Å². The number of aromatic nitrogens is 1. The standard InChI is InChI=1S/C16H13FN2O3S/c1-9-3-4-11(5-13(9)17)16(21)22-7-14(20)12(6-18)15-19-10(2)8-23-15/h3-5,8,12H,7H2,1-2H3/t12-/m0/s1. The van der Waals surface area contributed by atoms with Crippen LogP contribution in [-0.2, 0) is 9.53 Å². The molecule has 1 aromatic carbocycles. The minimum Gasteiger partial charge on any atom is -0.454 e. The van der Waals surface area contributed by atoms with Crippen molar-refractivity contribution < 1.29 is 18.7 Å². The molecule has 0 unspecified atom stereocenters. The van der Waals surface area contributed by atoms with Crippen molar-refractivity contribution in [3.05, 3.63) is 51.2 Å². The fourth-order valence-corrected chi connectivity index (χ4v) is 2.65. The maximum absolute atomic E-state index is 13.4. The van der Waals surface area contributed by atoms with Crippen LogP contribution in [0.25, 0.3) is 0 Å². The lowest BCUT2D eigenvalue weighted by Crippen LogP contribution is -2.20. The predicted molar refractivity (Wildman–Crippen MR) is 81.6 cm³/mol. The number of carbonyl (C=O) groups excluding carboxylic acids is 2. The van der Waals surface area contributed by atoms with Gasteiger partial charge >= 0.3 is 5.97 Å². The van der Waals surface area contributed by atoms with Gasteiger partial charge < -0.3 is 4.74 Å². The Morgan fingerprint density at radius 2 is 2.17 bits per heavy atom. The molecule has 0 saturated carbocycles. The number of halogens is 1. The van der Waals surface area contributed by atoms with Gasteiger partial charge in [0.2, 0.25) is 0 Å². The zero-order chi connectivity index (χ0) is 17.0. The van der Waals surface area contributed by atoms with Crippen LogP contribution in [0.2, 0.25) is 0 Å². The zero-order valence-electron chi connectivity index (χ0n) is 12.5. The van der Waals surface area contributed by atoms with E-state index in [0.717, 1.165) is 6.07 Å². The molecule has 0 fully saturated rings. The van der Waals surface area contributed by atoms with E-state index in [0.29, 0.717) is 16.3 Å². The Hall–Kier alpha value is -2.59. The van der Waals surface area contributed by atoms with E-state index in [1.165, 1.54) is 23.5 Å². The summed E-state index contributed by atoms with van der Waals surface area (Å²) in [6, 6.07) is 5.77. The quantitative estimate of drug-likeness (QED) is 0.787. The van der Waals surface area contributed by atoms with Crippen molar-refractivity contribution in [3.63, 3.8) is 0 Å². The number of aryl methyl sites for hydroxylation is 2. The Labute approximate surface area is 136 Å². The van der Waals surface area contributed by atoms with Gasteiger partial charge in [0.05, 0.1) is 11.6 Å². The molecule has 0 aliphatic rings. The third-order valence-corrected chi connectivity index (χ3v) is 4.12. The average Bonchev–Trinajstić information content (AvgIpc) is 2.94. The number of hydrogen-bond donors (Lipinski definition) is 0. The molecule has 2 rings (SSSR count). The molecule has 0 N–H and O–H groups in total. The molecule has 0 bridgehead atoms. The molecular weight excluding hydrogens is 319 g/mol. The van der Waals surface area contributed by atoms with Crippen LogP contribution in [-0.4, -0.2) is 23.3 Å². The third-order valence-electron chi connectivity index (χ3n) is 3.09. The van der Waals surface area contributed by atoms with Crippen LogP contribution in [0.15, 0.2) is 23.6 Å². The molecule has 0 amide bonds. The summed E-state index contributed by atoms with van der Waals surface area (Å²) in [5.41, 5.74) is 1.13. The number of carbonyl (C=O) groups is 2. The summed E-state index contributed by atoms with van der Waals surface area (Å²) in [7, 11) is 0. The van der Waals surface area contributed by atoms with Crippen LogP contribution >= 0.6 is 11.3 Å². The number of ether oxygens (including phenoxy) is 1. The molecular formula is C16H13FN2O3S. The predicted octanol–water partition coefficient (Wildman–Crippen LogP) is 2.93. The molecule has 0 aliphatic carbocycles. The average molecular weight is 332 g/mol. The molecule has 1 atom stereocenters. The van der Waals surface area contributed by atoms with E-state index in [1.54, 1.807) is 19.2 Å². The van der Waals surface area contributed by atoms with E-state index >= 15 is 0 Å². The highest BCUT2D eigenvalue weighted by Crippen LogP contribution is 2.21. The lowest BCUT2D eigenvalue weighted by atomic mass is 10.1.